The quantitative estimate of drug-likeness (QED) is 0.668. The standard InChI is InChI=1S/C9H7F6NO/c10-7(11)8(12,9(13,14)15)17-6-3-1-5(16)2-4-6/h1-4,7H,16H2. The summed E-state index contributed by atoms with van der Waals surface area (Å²) in [6.45, 7) is 0. The zero-order chi connectivity index (χ0) is 13.3. The summed E-state index contributed by atoms with van der Waals surface area (Å²) in [4.78, 5) is 0. The first-order valence-corrected chi connectivity index (χ1v) is 4.25. The summed E-state index contributed by atoms with van der Waals surface area (Å²) in [5.74, 6) is -5.73. The second kappa shape index (κ2) is 4.34. The topological polar surface area (TPSA) is 35.2 Å². The van der Waals surface area contributed by atoms with Gasteiger partial charge in [0.1, 0.15) is 5.75 Å². The minimum atomic E-state index is -5.84. The Balaban J connectivity index is 2.99. The summed E-state index contributed by atoms with van der Waals surface area (Å²) >= 11 is 0. The first-order chi connectivity index (χ1) is 7.67. The molecule has 1 aromatic rings. The Kier molecular flexibility index (Phi) is 3.44. The predicted molar refractivity (Wildman–Crippen MR) is 47.4 cm³/mol. The number of nitrogen functional groups attached to an aromatic ring is 1. The molecule has 1 rings (SSSR count). The number of benzene rings is 1. The van der Waals surface area contributed by atoms with Crippen LogP contribution in [0.15, 0.2) is 24.3 Å². The molecule has 2 N–H and O–H groups in total. The van der Waals surface area contributed by atoms with Crippen molar-refractivity contribution in [3.63, 3.8) is 0 Å². The van der Waals surface area contributed by atoms with Gasteiger partial charge in [-0.1, -0.05) is 0 Å². The van der Waals surface area contributed by atoms with E-state index in [0.29, 0.717) is 0 Å². The van der Waals surface area contributed by atoms with E-state index in [-0.39, 0.29) is 5.69 Å². The van der Waals surface area contributed by atoms with E-state index >= 15 is 0 Å². The number of hydrogen-bond donors (Lipinski definition) is 1. The lowest BCUT2D eigenvalue weighted by molar-refractivity contribution is -0.340. The van der Waals surface area contributed by atoms with E-state index in [1.165, 1.54) is 0 Å². The molecule has 0 saturated heterocycles. The maximum absolute atomic E-state index is 13.1. The number of alkyl halides is 6. The Labute approximate surface area is 92.0 Å². The van der Waals surface area contributed by atoms with Crippen molar-refractivity contribution in [2.75, 3.05) is 5.73 Å². The monoisotopic (exact) mass is 259 g/mol. The average molecular weight is 259 g/mol. The van der Waals surface area contributed by atoms with Crippen molar-refractivity contribution < 1.29 is 31.1 Å². The molecule has 17 heavy (non-hydrogen) atoms. The molecule has 0 spiro atoms. The van der Waals surface area contributed by atoms with E-state index in [0.717, 1.165) is 24.3 Å². The van der Waals surface area contributed by atoms with Gasteiger partial charge in [0.05, 0.1) is 0 Å². The SMILES string of the molecule is Nc1ccc(OC(F)(C(F)F)C(F)(F)F)cc1. The first kappa shape index (κ1) is 13.5. The third-order valence-electron chi connectivity index (χ3n) is 1.81. The Morgan fingerprint density at radius 3 is 1.82 bits per heavy atom. The molecule has 0 aliphatic carbocycles. The highest BCUT2D eigenvalue weighted by atomic mass is 19.4. The molecule has 1 atom stereocenters. The van der Waals surface area contributed by atoms with Crippen molar-refractivity contribution >= 4 is 5.69 Å². The van der Waals surface area contributed by atoms with Gasteiger partial charge in [0, 0.05) is 5.69 Å². The smallest absolute Gasteiger partial charge is 0.446 e. The van der Waals surface area contributed by atoms with Gasteiger partial charge in [-0.3, -0.25) is 0 Å². The lowest BCUT2D eigenvalue weighted by Crippen LogP contribution is -2.52. The van der Waals surface area contributed by atoms with Gasteiger partial charge >= 0.3 is 18.5 Å². The number of hydrogen-bond acceptors (Lipinski definition) is 2. The van der Waals surface area contributed by atoms with Crippen LogP contribution in [-0.4, -0.2) is 18.5 Å². The summed E-state index contributed by atoms with van der Waals surface area (Å²) in [6.07, 6.45) is -10.2. The van der Waals surface area contributed by atoms with Crippen LogP contribution < -0.4 is 10.5 Å². The summed E-state index contributed by atoms with van der Waals surface area (Å²) in [7, 11) is 0. The van der Waals surface area contributed by atoms with Crippen LogP contribution in [0.5, 0.6) is 5.75 Å². The molecule has 0 bridgehead atoms. The Hall–Kier alpha value is -1.60. The largest absolute Gasteiger partial charge is 0.466 e. The second-order valence-corrected chi connectivity index (χ2v) is 3.11. The summed E-state index contributed by atoms with van der Waals surface area (Å²) < 4.78 is 77.3. The number of halogens is 6. The molecule has 96 valence electrons. The molecule has 2 nitrogen and oxygen atoms in total. The Morgan fingerprint density at radius 2 is 1.47 bits per heavy atom. The van der Waals surface area contributed by atoms with Crippen LogP contribution in [-0.2, 0) is 0 Å². The van der Waals surface area contributed by atoms with Gasteiger partial charge < -0.3 is 10.5 Å². The molecule has 0 aliphatic rings. The van der Waals surface area contributed by atoms with E-state index in [1.807, 2.05) is 0 Å². The van der Waals surface area contributed by atoms with Crippen molar-refractivity contribution in [2.24, 2.45) is 0 Å². The van der Waals surface area contributed by atoms with E-state index in [9.17, 15) is 26.3 Å². The van der Waals surface area contributed by atoms with Crippen molar-refractivity contribution in [1.82, 2.24) is 0 Å². The van der Waals surface area contributed by atoms with Crippen LogP contribution in [0.2, 0.25) is 0 Å². The maximum atomic E-state index is 13.1. The molecule has 0 aliphatic heterocycles. The van der Waals surface area contributed by atoms with Crippen LogP contribution in [0.25, 0.3) is 0 Å². The van der Waals surface area contributed by atoms with Crippen LogP contribution in [0.1, 0.15) is 0 Å². The molecule has 1 aromatic carbocycles. The minimum absolute atomic E-state index is 0.172. The lowest BCUT2D eigenvalue weighted by Gasteiger charge is -2.27. The molecule has 0 fully saturated rings. The number of ether oxygens (including phenoxy) is 1. The third-order valence-corrected chi connectivity index (χ3v) is 1.81. The van der Waals surface area contributed by atoms with Crippen LogP contribution >= 0.6 is 0 Å². The normalized spacial score (nSPS) is 15.7. The molecule has 1 unspecified atom stereocenters. The van der Waals surface area contributed by atoms with E-state index < -0.39 is 24.2 Å². The molecule has 0 heterocycles. The molecule has 8 heteroatoms. The fraction of sp³-hybridized carbons (Fsp3) is 0.333. The molecule has 0 saturated carbocycles. The maximum Gasteiger partial charge on any atom is 0.466 e. The highest BCUT2D eigenvalue weighted by molar-refractivity contribution is 5.41. The van der Waals surface area contributed by atoms with E-state index in [4.69, 9.17) is 5.73 Å². The van der Waals surface area contributed by atoms with Crippen LogP contribution in [0.4, 0.5) is 32.0 Å². The first-order valence-electron chi connectivity index (χ1n) is 4.25. The predicted octanol–water partition coefficient (Wildman–Crippen LogP) is 3.14. The van der Waals surface area contributed by atoms with E-state index in [2.05, 4.69) is 4.74 Å². The van der Waals surface area contributed by atoms with Gasteiger partial charge in [0.2, 0.25) is 0 Å². The number of anilines is 1. The minimum Gasteiger partial charge on any atom is -0.446 e. The third kappa shape index (κ3) is 2.75. The van der Waals surface area contributed by atoms with Crippen molar-refractivity contribution in [3.05, 3.63) is 24.3 Å². The molecular formula is C9H7F6NO. The van der Waals surface area contributed by atoms with Crippen molar-refractivity contribution in [3.8, 4) is 5.75 Å². The fourth-order valence-electron chi connectivity index (χ4n) is 0.934. The van der Waals surface area contributed by atoms with Gasteiger partial charge in [0.15, 0.2) is 0 Å². The summed E-state index contributed by atoms with van der Waals surface area (Å²) in [5, 5.41) is 0. The fourth-order valence-corrected chi connectivity index (χ4v) is 0.934. The van der Waals surface area contributed by atoms with E-state index in [1.54, 1.807) is 0 Å². The van der Waals surface area contributed by atoms with Gasteiger partial charge in [-0.05, 0) is 24.3 Å². The molecule has 0 amide bonds. The van der Waals surface area contributed by atoms with Crippen LogP contribution in [0.3, 0.4) is 0 Å². The summed E-state index contributed by atoms with van der Waals surface area (Å²) in [6, 6.07) is 3.91. The number of nitrogens with two attached hydrogens (primary N) is 1. The van der Waals surface area contributed by atoms with Gasteiger partial charge in [-0.25, -0.2) is 8.78 Å². The second-order valence-electron chi connectivity index (χ2n) is 3.11. The average Bonchev–Trinajstić information content (AvgIpc) is 2.19. The number of rotatable bonds is 3. The molecule has 0 radical (unpaired) electrons. The highest BCUT2D eigenvalue weighted by Gasteiger charge is 2.66. The lowest BCUT2D eigenvalue weighted by atomic mass is 10.2. The molecular weight excluding hydrogens is 252 g/mol. The zero-order valence-electron chi connectivity index (χ0n) is 8.14. The van der Waals surface area contributed by atoms with Gasteiger partial charge in [-0.15, -0.1) is 0 Å². The van der Waals surface area contributed by atoms with Gasteiger partial charge in [0.25, 0.3) is 0 Å². The highest BCUT2D eigenvalue weighted by Crippen LogP contribution is 2.40. The Morgan fingerprint density at radius 1 is 1.00 bits per heavy atom. The van der Waals surface area contributed by atoms with Crippen LogP contribution in [0, 0.1) is 0 Å². The Bertz CT molecular complexity index is 376. The van der Waals surface area contributed by atoms with Crippen molar-refractivity contribution in [2.45, 2.75) is 18.5 Å². The molecule has 0 aromatic heterocycles. The van der Waals surface area contributed by atoms with Gasteiger partial charge in [-0.2, -0.15) is 17.6 Å². The summed E-state index contributed by atoms with van der Waals surface area (Å²) in [5.41, 5.74) is 5.39. The van der Waals surface area contributed by atoms with Crippen molar-refractivity contribution in [1.29, 1.82) is 0 Å². The zero-order valence-corrected chi connectivity index (χ0v) is 8.14.